The predicted octanol–water partition coefficient (Wildman–Crippen LogP) is 3.52. The summed E-state index contributed by atoms with van der Waals surface area (Å²) in [6, 6.07) is 5.25. The van der Waals surface area contributed by atoms with Crippen LogP contribution >= 0.6 is 27.3 Å². The summed E-state index contributed by atoms with van der Waals surface area (Å²) in [5.74, 6) is -0.958. The highest BCUT2D eigenvalue weighted by Crippen LogP contribution is 2.25. The van der Waals surface area contributed by atoms with Crippen molar-refractivity contribution in [2.75, 3.05) is 5.32 Å². The van der Waals surface area contributed by atoms with Gasteiger partial charge in [0.05, 0.1) is 17.8 Å². The molecule has 0 atom stereocenters. The lowest BCUT2D eigenvalue weighted by Gasteiger charge is -2.09. The van der Waals surface area contributed by atoms with E-state index < -0.39 is 5.97 Å². The van der Waals surface area contributed by atoms with Crippen molar-refractivity contribution in [3.05, 3.63) is 44.3 Å². The van der Waals surface area contributed by atoms with Gasteiger partial charge in [-0.05, 0) is 35.0 Å². The molecule has 0 aliphatic carbocycles. The highest BCUT2D eigenvalue weighted by molar-refractivity contribution is 9.10. The first-order valence-corrected chi connectivity index (χ1v) is 6.92. The Balaban J connectivity index is 2.19. The highest BCUT2D eigenvalue weighted by Gasteiger charge is 2.13. The summed E-state index contributed by atoms with van der Waals surface area (Å²) in [6.07, 6.45) is 0. The summed E-state index contributed by atoms with van der Waals surface area (Å²) in [7, 11) is 0. The number of hydrogen-bond acceptors (Lipinski definition) is 4. The summed E-state index contributed by atoms with van der Waals surface area (Å²) in [4.78, 5) is 15.5. The second-order valence-corrected chi connectivity index (χ2v) is 5.50. The lowest BCUT2D eigenvalue weighted by molar-refractivity contribution is 0.0697. The molecule has 1 heterocycles. The van der Waals surface area contributed by atoms with Crippen molar-refractivity contribution in [3.63, 3.8) is 0 Å². The van der Waals surface area contributed by atoms with Crippen molar-refractivity contribution in [3.8, 4) is 0 Å². The summed E-state index contributed by atoms with van der Waals surface area (Å²) in [5.41, 5.74) is 1.81. The molecule has 0 radical (unpaired) electrons. The fourth-order valence-electron chi connectivity index (χ4n) is 1.54. The number of carboxylic acids is 1. The van der Waals surface area contributed by atoms with Crippen LogP contribution in [0.2, 0.25) is 0 Å². The molecule has 2 aromatic rings. The Bertz CT molecular complexity index is 583. The van der Waals surface area contributed by atoms with E-state index in [0.717, 1.165) is 10.7 Å². The smallest absolute Gasteiger partial charge is 0.338 e. The molecule has 1 aromatic carbocycles. The number of rotatable bonds is 4. The molecule has 4 nitrogen and oxygen atoms in total. The molecule has 0 unspecified atom stereocenters. The van der Waals surface area contributed by atoms with Gasteiger partial charge < -0.3 is 10.4 Å². The zero-order valence-electron chi connectivity index (χ0n) is 9.61. The first-order valence-electron chi connectivity index (χ1n) is 5.24. The van der Waals surface area contributed by atoms with Gasteiger partial charge >= 0.3 is 5.97 Å². The van der Waals surface area contributed by atoms with Gasteiger partial charge in [-0.1, -0.05) is 6.07 Å². The van der Waals surface area contributed by atoms with Gasteiger partial charge in [-0.15, -0.1) is 11.3 Å². The lowest BCUT2D eigenvalue weighted by atomic mass is 10.2. The number of aromatic carboxylic acids is 1. The number of carbonyl (C=O) groups is 1. The minimum atomic E-state index is -0.958. The van der Waals surface area contributed by atoms with E-state index in [1.54, 1.807) is 29.5 Å². The van der Waals surface area contributed by atoms with Crippen LogP contribution in [0.4, 0.5) is 5.69 Å². The van der Waals surface area contributed by atoms with Crippen LogP contribution in [0.3, 0.4) is 0 Å². The van der Waals surface area contributed by atoms with Gasteiger partial charge in [0.25, 0.3) is 0 Å². The number of halogens is 1. The van der Waals surface area contributed by atoms with Gasteiger partial charge in [0.1, 0.15) is 5.01 Å². The molecule has 0 aliphatic rings. The second-order valence-electron chi connectivity index (χ2n) is 3.70. The summed E-state index contributed by atoms with van der Waals surface area (Å²) < 4.78 is 0.565. The molecule has 0 spiro atoms. The molecule has 0 bridgehead atoms. The molecular weight excluding hydrogens is 316 g/mol. The van der Waals surface area contributed by atoms with E-state index in [9.17, 15) is 4.79 Å². The molecule has 2 rings (SSSR count). The van der Waals surface area contributed by atoms with Crippen LogP contribution in [0, 0.1) is 6.92 Å². The van der Waals surface area contributed by atoms with E-state index in [4.69, 9.17) is 5.11 Å². The molecular formula is C12H11BrN2O2S. The van der Waals surface area contributed by atoms with Crippen LogP contribution in [0.1, 0.15) is 21.1 Å². The van der Waals surface area contributed by atoms with Crippen molar-refractivity contribution in [1.29, 1.82) is 0 Å². The summed E-state index contributed by atoms with van der Waals surface area (Å²) in [5, 5.41) is 15.2. The zero-order valence-corrected chi connectivity index (χ0v) is 12.0. The lowest BCUT2D eigenvalue weighted by Crippen LogP contribution is -2.07. The van der Waals surface area contributed by atoms with Gasteiger partial charge in [0.2, 0.25) is 0 Å². The second kappa shape index (κ2) is 5.49. The number of nitrogens with zero attached hydrogens (tertiary/aromatic N) is 1. The fourth-order valence-corrected chi connectivity index (χ4v) is 2.79. The Morgan fingerprint density at radius 1 is 1.56 bits per heavy atom. The number of anilines is 1. The van der Waals surface area contributed by atoms with Crippen LogP contribution < -0.4 is 5.32 Å². The van der Waals surface area contributed by atoms with E-state index in [1.165, 1.54) is 0 Å². The minimum absolute atomic E-state index is 0.241. The first kappa shape index (κ1) is 13.0. The molecule has 94 valence electrons. The highest BCUT2D eigenvalue weighted by atomic mass is 79.9. The van der Waals surface area contributed by atoms with Crippen LogP contribution in [0.15, 0.2) is 28.1 Å². The van der Waals surface area contributed by atoms with Crippen molar-refractivity contribution in [2.24, 2.45) is 0 Å². The average molecular weight is 327 g/mol. The van der Waals surface area contributed by atoms with Gasteiger partial charge in [-0.3, -0.25) is 0 Å². The number of aryl methyl sites for hydroxylation is 1. The Morgan fingerprint density at radius 2 is 2.33 bits per heavy atom. The van der Waals surface area contributed by atoms with Crippen LogP contribution in [-0.4, -0.2) is 16.1 Å². The number of benzene rings is 1. The molecule has 0 saturated heterocycles. The van der Waals surface area contributed by atoms with E-state index >= 15 is 0 Å². The Morgan fingerprint density at radius 3 is 2.94 bits per heavy atom. The number of aromatic nitrogens is 1. The summed E-state index contributed by atoms with van der Waals surface area (Å²) in [6.45, 7) is 2.46. The van der Waals surface area contributed by atoms with E-state index in [1.807, 2.05) is 12.3 Å². The van der Waals surface area contributed by atoms with Crippen LogP contribution in [0.25, 0.3) is 0 Å². The Labute approximate surface area is 117 Å². The minimum Gasteiger partial charge on any atom is -0.478 e. The largest absolute Gasteiger partial charge is 0.478 e. The van der Waals surface area contributed by atoms with Gasteiger partial charge in [-0.2, -0.15) is 0 Å². The maximum absolute atomic E-state index is 11.2. The molecule has 0 aliphatic heterocycles. The molecule has 6 heteroatoms. The first-order chi connectivity index (χ1) is 8.58. The third kappa shape index (κ3) is 2.88. The number of hydrogen-bond donors (Lipinski definition) is 2. The van der Waals surface area contributed by atoms with Gasteiger partial charge in [0, 0.05) is 15.5 Å². The molecule has 0 fully saturated rings. The molecule has 18 heavy (non-hydrogen) atoms. The van der Waals surface area contributed by atoms with Crippen molar-refractivity contribution in [1.82, 2.24) is 4.98 Å². The predicted molar refractivity (Wildman–Crippen MR) is 75.3 cm³/mol. The topological polar surface area (TPSA) is 62.2 Å². The third-order valence-corrected chi connectivity index (χ3v) is 3.95. The monoisotopic (exact) mass is 326 g/mol. The standard InChI is InChI=1S/C12H11BrN2O2S/c1-7-6-18-10(15-7)5-14-9-4-2-3-8(13)11(9)12(16)17/h2-4,6,14H,5H2,1H3,(H,16,17). The summed E-state index contributed by atoms with van der Waals surface area (Å²) >= 11 is 4.80. The van der Waals surface area contributed by atoms with Gasteiger partial charge in [-0.25, -0.2) is 9.78 Å². The van der Waals surface area contributed by atoms with Gasteiger partial charge in [0.15, 0.2) is 0 Å². The fraction of sp³-hybridized carbons (Fsp3) is 0.167. The normalized spacial score (nSPS) is 10.3. The maximum atomic E-state index is 11.2. The maximum Gasteiger partial charge on any atom is 0.338 e. The Kier molecular flexibility index (Phi) is 3.98. The average Bonchev–Trinajstić information content (AvgIpc) is 2.72. The molecule has 0 amide bonds. The van der Waals surface area contributed by atoms with Crippen molar-refractivity contribution in [2.45, 2.75) is 13.5 Å². The zero-order chi connectivity index (χ0) is 13.1. The molecule has 2 N–H and O–H groups in total. The third-order valence-electron chi connectivity index (χ3n) is 2.32. The molecule has 0 saturated carbocycles. The van der Waals surface area contributed by atoms with E-state index in [0.29, 0.717) is 16.7 Å². The van der Waals surface area contributed by atoms with Crippen LogP contribution in [0.5, 0.6) is 0 Å². The Hall–Kier alpha value is -1.40. The van der Waals surface area contributed by atoms with E-state index in [-0.39, 0.29) is 5.56 Å². The molecule has 1 aromatic heterocycles. The quantitative estimate of drug-likeness (QED) is 0.902. The van der Waals surface area contributed by atoms with Crippen LogP contribution in [-0.2, 0) is 6.54 Å². The number of thiazole rings is 1. The SMILES string of the molecule is Cc1csc(CNc2cccc(Br)c2C(=O)O)n1. The van der Waals surface area contributed by atoms with E-state index in [2.05, 4.69) is 26.2 Å². The van der Waals surface area contributed by atoms with Crippen molar-refractivity contribution >= 4 is 38.9 Å². The number of carboxylic acid groups (broad SMARTS) is 1. The van der Waals surface area contributed by atoms with Crippen molar-refractivity contribution < 1.29 is 9.90 Å². The number of nitrogens with one attached hydrogen (secondary N) is 1.